The standard InChI is InChI=1S/C44H53FN2O6S/c1-44(2,3)36-15-11-32(12-16-36)25-43(48)46-23-21-33-26-39(19-14-34(33)29-46)54(49,50)47(30-35-13-17-37(51-4)28-42(35)52-5)41-20-18-38(27-40(41)45)53-24-22-31-9-7-6-8-10-31/h11-20,26-28,31H,6-10,21-25,29-30H2,1-5H3. The van der Waals surface area contributed by atoms with E-state index in [1.807, 2.05) is 17.0 Å². The number of methoxy groups -OCH3 is 2. The van der Waals surface area contributed by atoms with Gasteiger partial charge in [-0.15, -0.1) is 0 Å². The third-order valence-corrected chi connectivity index (χ3v) is 12.6. The predicted molar refractivity (Wildman–Crippen MR) is 210 cm³/mol. The molecular formula is C44H53FN2O6S. The van der Waals surface area contributed by atoms with Crippen molar-refractivity contribution in [3.05, 3.63) is 112 Å². The van der Waals surface area contributed by atoms with Crippen molar-refractivity contribution >= 4 is 21.6 Å². The minimum atomic E-state index is -4.29. The number of anilines is 1. The zero-order valence-corrected chi connectivity index (χ0v) is 33.0. The number of carbonyl (C=O) groups excluding carboxylic acids is 1. The molecule has 0 N–H and O–H groups in total. The molecule has 4 aromatic rings. The number of halogens is 1. The van der Waals surface area contributed by atoms with Gasteiger partial charge in [0, 0.05) is 30.8 Å². The molecule has 6 rings (SSSR count). The summed E-state index contributed by atoms with van der Waals surface area (Å²) in [4.78, 5) is 15.2. The number of hydrogen-bond acceptors (Lipinski definition) is 6. The summed E-state index contributed by atoms with van der Waals surface area (Å²) in [6, 6.07) is 22.6. The van der Waals surface area contributed by atoms with Gasteiger partial charge in [-0.1, -0.05) is 83.2 Å². The Kier molecular flexibility index (Phi) is 12.2. The molecule has 0 radical (unpaired) electrons. The third-order valence-electron chi connectivity index (χ3n) is 10.8. The van der Waals surface area contributed by atoms with Crippen molar-refractivity contribution in [2.24, 2.45) is 5.92 Å². The molecule has 0 spiro atoms. The SMILES string of the molecule is COc1ccc(CN(c2ccc(OCCC3CCCCC3)cc2F)S(=O)(=O)c2ccc3c(c2)CCN(C(=O)Cc2ccc(C(C)(C)C)cc2)C3)c(OC)c1. The van der Waals surface area contributed by atoms with Crippen LogP contribution in [0, 0.1) is 11.7 Å². The highest BCUT2D eigenvalue weighted by atomic mass is 32.2. The summed E-state index contributed by atoms with van der Waals surface area (Å²) in [7, 11) is -1.26. The quantitative estimate of drug-likeness (QED) is 0.135. The fourth-order valence-corrected chi connectivity index (χ4v) is 8.98. The van der Waals surface area contributed by atoms with Gasteiger partial charge in [-0.2, -0.15) is 0 Å². The maximum atomic E-state index is 16.1. The lowest BCUT2D eigenvalue weighted by Crippen LogP contribution is -2.37. The molecule has 1 amide bonds. The smallest absolute Gasteiger partial charge is 0.264 e. The van der Waals surface area contributed by atoms with E-state index in [9.17, 15) is 13.2 Å². The highest BCUT2D eigenvalue weighted by molar-refractivity contribution is 7.92. The van der Waals surface area contributed by atoms with Gasteiger partial charge < -0.3 is 19.1 Å². The second-order valence-corrected chi connectivity index (χ2v) is 17.4. The molecule has 288 valence electrons. The number of hydrogen-bond donors (Lipinski definition) is 0. The maximum Gasteiger partial charge on any atom is 0.264 e. The normalized spacial score (nSPS) is 15.0. The summed E-state index contributed by atoms with van der Waals surface area (Å²) >= 11 is 0. The van der Waals surface area contributed by atoms with Gasteiger partial charge >= 0.3 is 0 Å². The van der Waals surface area contributed by atoms with Crippen LogP contribution in [-0.2, 0) is 46.2 Å². The molecule has 2 aliphatic rings. The van der Waals surface area contributed by atoms with Crippen molar-refractivity contribution in [3.8, 4) is 17.2 Å². The zero-order chi connectivity index (χ0) is 38.5. The topological polar surface area (TPSA) is 85.4 Å². The highest BCUT2D eigenvalue weighted by Gasteiger charge is 2.31. The summed E-state index contributed by atoms with van der Waals surface area (Å²) in [6.07, 6.45) is 7.88. The Morgan fingerprint density at radius 2 is 1.61 bits per heavy atom. The number of rotatable bonds is 13. The Labute approximate surface area is 320 Å². The summed E-state index contributed by atoms with van der Waals surface area (Å²) < 4.78 is 63.2. The van der Waals surface area contributed by atoms with Crippen LogP contribution in [0.25, 0.3) is 0 Å². The van der Waals surface area contributed by atoms with E-state index in [4.69, 9.17) is 14.2 Å². The Morgan fingerprint density at radius 1 is 0.870 bits per heavy atom. The molecule has 0 saturated heterocycles. The minimum Gasteiger partial charge on any atom is -0.497 e. The van der Waals surface area contributed by atoms with Crippen LogP contribution in [0.5, 0.6) is 17.2 Å². The molecule has 1 aliphatic carbocycles. The van der Waals surface area contributed by atoms with E-state index >= 15 is 4.39 Å². The van der Waals surface area contributed by atoms with Crippen LogP contribution in [0.3, 0.4) is 0 Å². The Balaban J connectivity index is 1.23. The van der Waals surface area contributed by atoms with Gasteiger partial charge in [0.05, 0.1) is 44.4 Å². The van der Waals surface area contributed by atoms with Gasteiger partial charge in [0.1, 0.15) is 17.2 Å². The van der Waals surface area contributed by atoms with E-state index in [1.54, 1.807) is 42.5 Å². The van der Waals surface area contributed by atoms with Crippen LogP contribution in [0.15, 0.2) is 83.8 Å². The zero-order valence-electron chi connectivity index (χ0n) is 32.2. The molecule has 0 atom stereocenters. The number of amides is 1. The van der Waals surface area contributed by atoms with Crippen LogP contribution >= 0.6 is 0 Å². The van der Waals surface area contributed by atoms with Crippen molar-refractivity contribution in [3.63, 3.8) is 0 Å². The van der Waals surface area contributed by atoms with E-state index < -0.39 is 15.8 Å². The van der Waals surface area contributed by atoms with Crippen LogP contribution in [0.1, 0.15) is 87.1 Å². The number of benzene rings is 4. The lowest BCUT2D eigenvalue weighted by atomic mass is 9.86. The van der Waals surface area contributed by atoms with E-state index in [1.165, 1.54) is 64.0 Å². The summed E-state index contributed by atoms with van der Waals surface area (Å²) in [5, 5.41) is 0. The first kappa shape index (κ1) is 39.1. The van der Waals surface area contributed by atoms with Gasteiger partial charge in [-0.25, -0.2) is 12.8 Å². The van der Waals surface area contributed by atoms with Crippen molar-refractivity contribution in [1.82, 2.24) is 4.90 Å². The molecule has 1 heterocycles. The van der Waals surface area contributed by atoms with Gasteiger partial charge in [-0.05, 0) is 82.8 Å². The van der Waals surface area contributed by atoms with Crippen molar-refractivity contribution in [2.45, 2.75) is 95.5 Å². The lowest BCUT2D eigenvalue weighted by Gasteiger charge is -2.30. The number of carbonyl (C=O) groups is 1. The Hall–Kier alpha value is -4.57. The van der Waals surface area contributed by atoms with Crippen LogP contribution in [-0.4, -0.2) is 46.6 Å². The first-order valence-corrected chi connectivity index (χ1v) is 20.4. The van der Waals surface area contributed by atoms with Gasteiger partial charge in [-0.3, -0.25) is 9.10 Å². The molecule has 4 aromatic carbocycles. The van der Waals surface area contributed by atoms with Gasteiger partial charge in [0.25, 0.3) is 10.0 Å². The van der Waals surface area contributed by atoms with Crippen molar-refractivity contribution in [2.75, 3.05) is 31.7 Å². The lowest BCUT2D eigenvalue weighted by molar-refractivity contribution is -0.131. The second-order valence-electron chi connectivity index (χ2n) is 15.6. The molecule has 0 aromatic heterocycles. The average molecular weight is 757 g/mol. The summed E-state index contributed by atoms with van der Waals surface area (Å²) in [5.41, 5.74) is 4.38. The monoisotopic (exact) mass is 756 g/mol. The molecular weight excluding hydrogens is 704 g/mol. The first-order valence-electron chi connectivity index (χ1n) is 19.0. The molecule has 0 bridgehead atoms. The number of ether oxygens (including phenoxy) is 3. The number of fused-ring (bicyclic) bond motifs is 1. The molecule has 10 heteroatoms. The molecule has 1 fully saturated rings. The Morgan fingerprint density at radius 3 is 2.30 bits per heavy atom. The maximum absolute atomic E-state index is 16.1. The Bertz CT molecular complexity index is 2040. The summed E-state index contributed by atoms with van der Waals surface area (Å²) in [5.74, 6) is 1.27. The van der Waals surface area contributed by atoms with Crippen molar-refractivity contribution < 1.29 is 31.8 Å². The number of sulfonamides is 1. The van der Waals surface area contributed by atoms with Crippen LogP contribution in [0.2, 0.25) is 0 Å². The molecule has 0 unspecified atom stereocenters. The molecule has 1 aliphatic heterocycles. The fraction of sp³-hybridized carbons (Fsp3) is 0.432. The fourth-order valence-electron chi connectivity index (χ4n) is 7.47. The largest absolute Gasteiger partial charge is 0.497 e. The van der Waals surface area contributed by atoms with E-state index in [0.717, 1.165) is 27.4 Å². The first-order chi connectivity index (χ1) is 25.8. The third kappa shape index (κ3) is 9.20. The predicted octanol–water partition coefficient (Wildman–Crippen LogP) is 9.01. The van der Waals surface area contributed by atoms with Crippen LogP contribution in [0.4, 0.5) is 10.1 Å². The van der Waals surface area contributed by atoms with E-state index in [-0.39, 0.29) is 28.4 Å². The highest BCUT2D eigenvalue weighted by Crippen LogP contribution is 2.35. The van der Waals surface area contributed by atoms with Gasteiger partial charge in [0.2, 0.25) is 5.91 Å². The minimum absolute atomic E-state index is 0.0253. The average Bonchev–Trinajstić information content (AvgIpc) is 3.17. The van der Waals surface area contributed by atoms with Gasteiger partial charge in [0.15, 0.2) is 5.82 Å². The molecule has 8 nitrogen and oxygen atoms in total. The molecule has 54 heavy (non-hydrogen) atoms. The van der Waals surface area contributed by atoms with E-state index in [0.29, 0.717) is 61.3 Å². The van der Waals surface area contributed by atoms with E-state index in [2.05, 4.69) is 32.9 Å². The van der Waals surface area contributed by atoms with Crippen LogP contribution < -0.4 is 18.5 Å². The second kappa shape index (κ2) is 16.8. The van der Waals surface area contributed by atoms with Crippen molar-refractivity contribution in [1.29, 1.82) is 0 Å². The summed E-state index contributed by atoms with van der Waals surface area (Å²) in [6.45, 7) is 7.64. The molecule has 1 saturated carbocycles. The number of nitrogens with zero attached hydrogens (tertiary/aromatic N) is 2.